The Morgan fingerprint density at radius 2 is 1.64 bits per heavy atom. The Bertz CT molecular complexity index is 639. The predicted octanol–water partition coefficient (Wildman–Crippen LogP) is 5.41. The van der Waals surface area contributed by atoms with E-state index in [1.165, 1.54) is 12.1 Å². The summed E-state index contributed by atoms with van der Waals surface area (Å²) in [5.41, 5.74) is -1.47. The highest BCUT2D eigenvalue weighted by atomic mass is 79.9. The Morgan fingerprint density at radius 3 is 2.23 bits per heavy atom. The van der Waals surface area contributed by atoms with Crippen molar-refractivity contribution in [3.8, 4) is 0 Å². The van der Waals surface area contributed by atoms with E-state index >= 15 is 0 Å². The lowest BCUT2D eigenvalue weighted by molar-refractivity contribution is -0.274. The molecule has 2 aromatic rings. The fourth-order valence-electron chi connectivity index (χ4n) is 3.15. The molecular formula is C17H14BrF3O. The molecule has 0 radical (unpaired) electrons. The Labute approximate surface area is 135 Å². The van der Waals surface area contributed by atoms with Gasteiger partial charge in [-0.15, -0.1) is 0 Å². The van der Waals surface area contributed by atoms with Gasteiger partial charge < -0.3 is 4.74 Å². The van der Waals surface area contributed by atoms with Gasteiger partial charge in [-0.2, -0.15) is 13.2 Å². The van der Waals surface area contributed by atoms with E-state index in [1.807, 2.05) is 0 Å². The maximum atomic E-state index is 14.0. The van der Waals surface area contributed by atoms with Crippen LogP contribution in [0.15, 0.2) is 59.1 Å². The maximum Gasteiger partial charge on any atom is 0.422 e. The molecule has 0 aromatic heterocycles. The minimum Gasteiger partial charge on any atom is -0.360 e. The van der Waals surface area contributed by atoms with Crippen molar-refractivity contribution < 1.29 is 17.9 Å². The van der Waals surface area contributed by atoms with Crippen molar-refractivity contribution in [1.29, 1.82) is 0 Å². The first kappa shape index (κ1) is 15.6. The Balaban J connectivity index is 2.14. The van der Waals surface area contributed by atoms with Gasteiger partial charge in [0.1, 0.15) is 0 Å². The largest absolute Gasteiger partial charge is 0.422 e. The molecule has 0 amide bonds. The first-order valence-electron chi connectivity index (χ1n) is 6.97. The van der Waals surface area contributed by atoms with Crippen molar-refractivity contribution in [2.24, 2.45) is 0 Å². The van der Waals surface area contributed by atoms with E-state index in [-0.39, 0.29) is 12.2 Å². The van der Waals surface area contributed by atoms with Crippen molar-refractivity contribution in [3.63, 3.8) is 0 Å². The molecule has 1 saturated heterocycles. The van der Waals surface area contributed by atoms with Crippen molar-refractivity contribution >= 4 is 15.9 Å². The van der Waals surface area contributed by atoms with Crippen LogP contribution in [0.2, 0.25) is 0 Å². The highest BCUT2D eigenvalue weighted by Gasteiger charge is 2.64. The van der Waals surface area contributed by atoms with Gasteiger partial charge in [-0.05, 0) is 29.7 Å². The molecule has 0 bridgehead atoms. The minimum atomic E-state index is -4.48. The lowest BCUT2D eigenvalue weighted by Gasteiger charge is -2.37. The van der Waals surface area contributed by atoms with E-state index in [0.717, 1.165) is 4.47 Å². The summed E-state index contributed by atoms with van der Waals surface area (Å²) >= 11 is 3.31. The standard InChI is InChI=1S/C17H14BrF3O/c18-14-8-6-12(7-9-14)15-10-11-22-16(15,17(19,20)21)13-4-2-1-3-5-13/h1-9,15H,10-11H2. The Hall–Kier alpha value is -1.33. The summed E-state index contributed by atoms with van der Waals surface area (Å²) in [5, 5.41) is 0. The molecule has 22 heavy (non-hydrogen) atoms. The summed E-state index contributed by atoms with van der Waals surface area (Å²) in [7, 11) is 0. The molecule has 0 spiro atoms. The van der Waals surface area contributed by atoms with Crippen LogP contribution in [0.25, 0.3) is 0 Å². The van der Waals surface area contributed by atoms with Crippen molar-refractivity contribution in [2.45, 2.75) is 24.1 Å². The second kappa shape index (κ2) is 5.70. The molecule has 116 valence electrons. The molecular weight excluding hydrogens is 357 g/mol. The first-order chi connectivity index (χ1) is 10.4. The SMILES string of the molecule is FC(F)(F)C1(c2ccccc2)OCCC1c1ccc(Br)cc1. The molecule has 0 N–H and O–H groups in total. The number of hydrogen-bond donors (Lipinski definition) is 0. The average molecular weight is 371 g/mol. The monoisotopic (exact) mass is 370 g/mol. The zero-order valence-electron chi connectivity index (χ0n) is 11.6. The van der Waals surface area contributed by atoms with E-state index in [4.69, 9.17) is 4.74 Å². The summed E-state index contributed by atoms with van der Waals surface area (Å²) in [6.07, 6.45) is -4.14. The third-order valence-electron chi connectivity index (χ3n) is 4.12. The van der Waals surface area contributed by atoms with E-state index in [1.54, 1.807) is 42.5 Å². The molecule has 1 heterocycles. The van der Waals surface area contributed by atoms with Gasteiger partial charge in [0.25, 0.3) is 0 Å². The van der Waals surface area contributed by atoms with Gasteiger partial charge >= 0.3 is 6.18 Å². The van der Waals surface area contributed by atoms with Gasteiger partial charge in [0.15, 0.2) is 5.60 Å². The van der Waals surface area contributed by atoms with Crippen LogP contribution in [0.1, 0.15) is 23.5 Å². The highest BCUT2D eigenvalue weighted by molar-refractivity contribution is 9.10. The van der Waals surface area contributed by atoms with Gasteiger partial charge in [0.05, 0.1) is 0 Å². The lowest BCUT2D eigenvalue weighted by Crippen LogP contribution is -2.46. The summed E-state index contributed by atoms with van der Waals surface area (Å²) in [6.45, 7) is 0.0924. The molecule has 2 aromatic carbocycles. The van der Waals surface area contributed by atoms with Crippen LogP contribution in [-0.2, 0) is 10.3 Å². The Morgan fingerprint density at radius 1 is 1.00 bits per heavy atom. The van der Waals surface area contributed by atoms with Crippen LogP contribution < -0.4 is 0 Å². The summed E-state index contributed by atoms with van der Waals surface area (Å²) < 4.78 is 48.1. The zero-order valence-corrected chi connectivity index (χ0v) is 13.2. The predicted molar refractivity (Wildman–Crippen MR) is 81.6 cm³/mol. The fourth-order valence-corrected chi connectivity index (χ4v) is 3.42. The summed E-state index contributed by atoms with van der Waals surface area (Å²) in [6, 6.07) is 14.9. The quantitative estimate of drug-likeness (QED) is 0.686. The smallest absolute Gasteiger partial charge is 0.360 e. The van der Waals surface area contributed by atoms with Crippen LogP contribution in [0.3, 0.4) is 0 Å². The van der Waals surface area contributed by atoms with Crippen molar-refractivity contribution in [2.75, 3.05) is 6.61 Å². The van der Waals surface area contributed by atoms with Gasteiger partial charge in [0.2, 0.25) is 0 Å². The van der Waals surface area contributed by atoms with Gasteiger partial charge in [-0.25, -0.2) is 0 Å². The zero-order chi connectivity index (χ0) is 15.8. The molecule has 5 heteroatoms. The van der Waals surface area contributed by atoms with Crippen LogP contribution >= 0.6 is 15.9 Å². The summed E-state index contributed by atoms with van der Waals surface area (Å²) in [4.78, 5) is 0. The maximum absolute atomic E-state index is 14.0. The molecule has 0 saturated carbocycles. The number of benzene rings is 2. The van der Waals surface area contributed by atoms with E-state index in [9.17, 15) is 13.2 Å². The third kappa shape index (κ3) is 2.46. The molecule has 1 aliphatic rings. The van der Waals surface area contributed by atoms with Gasteiger partial charge in [0, 0.05) is 17.0 Å². The number of ether oxygens (including phenoxy) is 1. The fraction of sp³-hybridized carbons (Fsp3) is 0.294. The molecule has 1 aliphatic heterocycles. The van der Waals surface area contributed by atoms with Crippen LogP contribution in [0.5, 0.6) is 0 Å². The van der Waals surface area contributed by atoms with Crippen LogP contribution in [0, 0.1) is 0 Å². The average Bonchev–Trinajstić information content (AvgIpc) is 2.94. The molecule has 3 rings (SSSR count). The normalized spacial score (nSPS) is 25.4. The number of rotatable bonds is 2. The molecule has 1 nitrogen and oxygen atoms in total. The van der Waals surface area contributed by atoms with E-state index < -0.39 is 17.7 Å². The van der Waals surface area contributed by atoms with Crippen LogP contribution in [0.4, 0.5) is 13.2 Å². The van der Waals surface area contributed by atoms with Gasteiger partial charge in [-0.3, -0.25) is 0 Å². The molecule has 1 fully saturated rings. The molecule has 2 atom stereocenters. The number of alkyl halides is 3. The van der Waals surface area contributed by atoms with Crippen molar-refractivity contribution in [1.82, 2.24) is 0 Å². The third-order valence-corrected chi connectivity index (χ3v) is 4.65. The second-order valence-corrected chi connectivity index (χ2v) is 6.26. The summed E-state index contributed by atoms with van der Waals surface area (Å²) in [5.74, 6) is -0.747. The lowest BCUT2D eigenvalue weighted by atomic mass is 9.77. The van der Waals surface area contributed by atoms with E-state index in [0.29, 0.717) is 12.0 Å². The molecule has 0 aliphatic carbocycles. The van der Waals surface area contributed by atoms with Crippen molar-refractivity contribution in [3.05, 3.63) is 70.2 Å². The second-order valence-electron chi connectivity index (χ2n) is 5.34. The number of halogens is 4. The van der Waals surface area contributed by atoms with Crippen LogP contribution in [-0.4, -0.2) is 12.8 Å². The topological polar surface area (TPSA) is 9.23 Å². The molecule has 2 unspecified atom stereocenters. The highest BCUT2D eigenvalue weighted by Crippen LogP contribution is 2.56. The van der Waals surface area contributed by atoms with E-state index in [2.05, 4.69) is 15.9 Å². The van der Waals surface area contributed by atoms with Gasteiger partial charge in [-0.1, -0.05) is 58.4 Å². The minimum absolute atomic E-state index is 0.0924. The number of hydrogen-bond acceptors (Lipinski definition) is 1. The first-order valence-corrected chi connectivity index (χ1v) is 7.76. The Kier molecular flexibility index (Phi) is 4.03.